The van der Waals surface area contributed by atoms with Crippen molar-refractivity contribution >= 4 is 54.6 Å². The first-order valence-electron chi connectivity index (χ1n) is 10.6. The number of benzene rings is 5. The number of para-hydroxylation sites is 5. The minimum atomic E-state index is 0.950. The largest absolute Gasteiger partial charge is 0.248 e. The molecule has 0 amide bonds. The summed E-state index contributed by atoms with van der Waals surface area (Å²) < 4.78 is 0. The third kappa shape index (κ3) is 3.30. The summed E-state index contributed by atoms with van der Waals surface area (Å²) in [7, 11) is 0. The highest BCUT2D eigenvalue weighted by atomic mass is 14.8. The molecule has 0 bridgehead atoms. The normalized spacial score (nSPS) is 11.1. The van der Waals surface area contributed by atoms with Gasteiger partial charge in [0.15, 0.2) is 0 Å². The Bertz CT molecular complexity index is 1630. The number of aromatic nitrogens is 3. The Balaban J connectivity index is 0.000000126. The van der Waals surface area contributed by atoms with Crippen molar-refractivity contribution in [3.8, 4) is 0 Å². The molecular weight excluding hydrogens is 390 g/mol. The summed E-state index contributed by atoms with van der Waals surface area (Å²) in [5.74, 6) is 0. The molecule has 0 radical (unpaired) electrons. The van der Waals surface area contributed by atoms with E-state index in [0.717, 1.165) is 33.1 Å². The van der Waals surface area contributed by atoms with Gasteiger partial charge in [-0.25, -0.2) is 15.0 Å². The van der Waals surface area contributed by atoms with Crippen molar-refractivity contribution in [2.24, 2.45) is 0 Å². The van der Waals surface area contributed by atoms with Gasteiger partial charge in [0.05, 0.1) is 33.1 Å². The zero-order valence-corrected chi connectivity index (χ0v) is 17.3. The maximum atomic E-state index is 4.73. The zero-order valence-electron chi connectivity index (χ0n) is 17.3. The quantitative estimate of drug-likeness (QED) is 0.194. The molecule has 0 N–H and O–H groups in total. The Morgan fingerprint density at radius 3 is 1.41 bits per heavy atom. The lowest BCUT2D eigenvalue weighted by Gasteiger charge is -2.05. The molecule has 3 heteroatoms. The number of nitrogens with zero attached hydrogens (tertiary/aromatic N) is 3. The maximum Gasteiger partial charge on any atom is 0.0894 e. The number of fused-ring (bicyclic) bond motifs is 6. The average molecular weight is 409 g/mol. The Hall–Kier alpha value is -4.37. The molecule has 2 heterocycles. The van der Waals surface area contributed by atoms with Crippen LogP contribution in [0.4, 0.5) is 0 Å². The van der Waals surface area contributed by atoms with Crippen LogP contribution in [0.15, 0.2) is 115 Å². The van der Waals surface area contributed by atoms with Crippen molar-refractivity contribution in [3.05, 3.63) is 115 Å². The molecule has 7 rings (SSSR count). The third-order valence-corrected chi connectivity index (χ3v) is 5.67. The highest BCUT2D eigenvalue weighted by Crippen LogP contribution is 2.27. The van der Waals surface area contributed by atoms with Gasteiger partial charge in [0.2, 0.25) is 0 Å². The van der Waals surface area contributed by atoms with E-state index in [1.54, 1.807) is 0 Å². The van der Waals surface area contributed by atoms with Gasteiger partial charge in [-0.1, -0.05) is 72.8 Å². The van der Waals surface area contributed by atoms with E-state index >= 15 is 0 Å². The van der Waals surface area contributed by atoms with Crippen LogP contribution in [0.3, 0.4) is 0 Å². The Kier molecular flexibility index (Phi) is 4.43. The van der Waals surface area contributed by atoms with Crippen molar-refractivity contribution in [3.63, 3.8) is 0 Å². The van der Waals surface area contributed by atoms with Crippen molar-refractivity contribution in [2.45, 2.75) is 0 Å². The second kappa shape index (κ2) is 7.71. The van der Waals surface area contributed by atoms with Crippen LogP contribution in [0.1, 0.15) is 0 Å². The fraction of sp³-hybridized carbons (Fsp3) is 0. The molecule has 32 heavy (non-hydrogen) atoms. The summed E-state index contributed by atoms with van der Waals surface area (Å²) in [5, 5.41) is 4.96. The fourth-order valence-electron chi connectivity index (χ4n) is 4.10. The summed E-state index contributed by atoms with van der Waals surface area (Å²) >= 11 is 0. The summed E-state index contributed by atoms with van der Waals surface area (Å²) in [6, 6.07) is 39.0. The van der Waals surface area contributed by atoms with Gasteiger partial charge in [0.25, 0.3) is 0 Å². The second-order valence-electron chi connectivity index (χ2n) is 7.74. The van der Waals surface area contributed by atoms with Crippen molar-refractivity contribution in [1.82, 2.24) is 15.0 Å². The average Bonchev–Trinajstić information content (AvgIpc) is 2.86. The minimum Gasteiger partial charge on any atom is -0.248 e. The van der Waals surface area contributed by atoms with Crippen molar-refractivity contribution in [1.29, 1.82) is 0 Å². The Morgan fingerprint density at radius 1 is 0.312 bits per heavy atom. The molecular formula is C29H19N3. The van der Waals surface area contributed by atoms with E-state index in [-0.39, 0.29) is 0 Å². The van der Waals surface area contributed by atoms with E-state index in [1.165, 1.54) is 21.5 Å². The number of pyridine rings is 1. The van der Waals surface area contributed by atoms with Gasteiger partial charge >= 0.3 is 0 Å². The predicted octanol–water partition coefficient (Wildman–Crippen LogP) is 7.32. The van der Waals surface area contributed by atoms with E-state index in [2.05, 4.69) is 70.6 Å². The molecule has 0 saturated carbocycles. The first-order chi connectivity index (χ1) is 15.8. The van der Waals surface area contributed by atoms with Crippen LogP contribution >= 0.6 is 0 Å². The van der Waals surface area contributed by atoms with Crippen molar-refractivity contribution in [2.75, 3.05) is 0 Å². The minimum absolute atomic E-state index is 0.950. The standard InChI is InChI=1S/C17H11N.C12H8N2/c1-3-7-14-12(5-1)9-10-17-15(14)11-13-6-2-4-8-16(13)18-17;1-2-6-10-9(5-1)13-11-7-3-4-8-12(11)14-10/h1-11H;1-8H. The first-order valence-corrected chi connectivity index (χ1v) is 10.6. The number of rotatable bonds is 0. The molecule has 0 aliphatic heterocycles. The van der Waals surface area contributed by atoms with Crippen molar-refractivity contribution < 1.29 is 0 Å². The maximum absolute atomic E-state index is 4.73. The van der Waals surface area contributed by atoms with E-state index < -0.39 is 0 Å². The molecule has 0 spiro atoms. The smallest absolute Gasteiger partial charge is 0.0894 e. The van der Waals surface area contributed by atoms with Crippen LogP contribution in [0.2, 0.25) is 0 Å². The van der Waals surface area contributed by atoms with Crippen LogP contribution in [0, 0.1) is 0 Å². The van der Waals surface area contributed by atoms with Gasteiger partial charge in [0, 0.05) is 10.8 Å². The van der Waals surface area contributed by atoms with E-state index in [4.69, 9.17) is 4.98 Å². The van der Waals surface area contributed by atoms with Gasteiger partial charge in [-0.3, -0.25) is 0 Å². The van der Waals surface area contributed by atoms with Gasteiger partial charge in [-0.15, -0.1) is 0 Å². The molecule has 0 unspecified atom stereocenters. The summed E-state index contributed by atoms with van der Waals surface area (Å²) in [6.45, 7) is 0. The fourth-order valence-corrected chi connectivity index (χ4v) is 4.10. The Labute approximate surface area is 185 Å². The summed E-state index contributed by atoms with van der Waals surface area (Å²) in [4.78, 5) is 13.8. The monoisotopic (exact) mass is 409 g/mol. The van der Waals surface area contributed by atoms with Crippen LogP contribution in [0.5, 0.6) is 0 Å². The second-order valence-corrected chi connectivity index (χ2v) is 7.74. The molecule has 0 aliphatic rings. The van der Waals surface area contributed by atoms with E-state index in [1.807, 2.05) is 54.6 Å². The molecule has 0 saturated heterocycles. The Morgan fingerprint density at radius 2 is 0.781 bits per heavy atom. The zero-order chi connectivity index (χ0) is 21.3. The molecule has 3 nitrogen and oxygen atoms in total. The van der Waals surface area contributed by atoms with Crippen LogP contribution < -0.4 is 0 Å². The van der Waals surface area contributed by atoms with Gasteiger partial charge in [-0.05, 0) is 53.2 Å². The van der Waals surface area contributed by atoms with Crippen LogP contribution in [-0.2, 0) is 0 Å². The highest BCUT2D eigenvalue weighted by Gasteiger charge is 2.03. The number of hydrogen-bond acceptors (Lipinski definition) is 3. The lowest BCUT2D eigenvalue weighted by molar-refractivity contribution is 1.39. The molecule has 0 aliphatic carbocycles. The third-order valence-electron chi connectivity index (χ3n) is 5.67. The topological polar surface area (TPSA) is 38.7 Å². The lowest BCUT2D eigenvalue weighted by atomic mass is 10.0. The lowest BCUT2D eigenvalue weighted by Crippen LogP contribution is -1.85. The first kappa shape index (κ1) is 18.4. The van der Waals surface area contributed by atoms with Crippen LogP contribution in [0.25, 0.3) is 54.6 Å². The van der Waals surface area contributed by atoms with E-state index in [9.17, 15) is 0 Å². The summed E-state index contributed by atoms with van der Waals surface area (Å²) in [5.41, 5.74) is 5.92. The molecule has 5 aromatic carbocycles. The molecule has 0 fully saturated rings. The SMILES string of the molecule is c1ccc2nc3ccc4ccccc4c3cc2c1.c1ccc2nc3ccccc3nc2c1. The molecule has 150 valence electrons. The molecule has 2 aromatic heterocycles. The van der Waals surface area contributed by atoms with Gasteiger partial charge in [-0.2, -0.15) is 0 Å². The van der Waals surface area contributed by atoms with Crippen LogP contribution in [-0.4, -0.2) is 15.0 Å². The van der Waals surface area contributed by atoms with Gasteiger partial charge in [0.1, 0.15) is 0 Å². The highest BCUT2D eigenvalue weighted by molar-refractivity contribution is 6.09. The molecule has 7 aromatic rings. The summed E-state index contributed by atoms with van der Waals surface area (Å²) in [6.07, 6.45) is 0. The number of hydrogen-bond donors (Lipinski definition) is 0. The van der Waals surface area contributed by atoms with E-state index in [0.29, 0.717) is 0 Å². The molecule has 0 atom stereocenters. The predicted molar refractivity (Wildman–Crippen MR) is 134 cm³/mol. The van der Waals surface area contributed by atoms with Gasteiger partial charge < -0.3 is 0 Å².